The third kappa shape index (κ3) is 3.85. The summed E-state index contributed by atoms with van der Waals surface area (Å²) < 4.78 is 0. The quantitative estimate of drug-likeness (QED) is 0.592. The molecule has 1 aromatic heterocycles. The number of nitrogens with one attached hydrogen (secondary N) is 2. The van der Waals surface area contributed by atoms with Gasteiger partial charge in [-0.1, -0.05) is 0 Å². The summed E-state index contributed by atoms with van der Waals surface area (Å²) >= 11 is 3.11. The van der Waals surface area contributed by atoms with Crippen molar-refractivity contribution in [1.82, 2.24) is 10.6 Å². The van der Waals surface area contributed by atoms with E-state index in [2.05, 4.69) is 10.6 Å². The third-order valence-electron chi connectivity index (χ3n) is 1.94. The molecule has 0 aromatic carbocycles. The lowest BCUT2D eigenvalue weighted by Crippen LogP contribution is -2.26. The van der Waals surface area contributed by atoms with E-state index in [9.17, 15) is 4.79 Å². The van der Waals surface area contributed by atoms with E-state index in [1.807, 2.05) is 24.7 Å². The van der Waals surface area contributed by atoms with Crippen molar-refractivity contribution in [3.8, 4) is 0 Å². The summed E-state index contributed by atoms with van der Waals surface area (Å²) in [4.78, 5) is 13.6. The number of hydrogen-bond acceptors (Lipinski definition) is 4. The number of hydrogen-bond donors (Lipinski definition) is 2. The van der Waals surface area contributed by atoms with E-state index in [-0.39, 0.29) is 5.91 Å². The standard InChI is InChI=1S/C10H16N2OS2/c1-11-5-3-6-12-10(13)9-8(14-2)4-7-15-9/h4,7,11H,3,5-6H2,1-2H3,(H,12,13). The largest absolute Gasteiger partial charge is 0.351 e. The zero-order valence-electron chi connectivity index (χ0n) is 9.00. The number of thiophene rings is 1. The van der Waals surface area contributed by atoms with E-state index in [1.165, 1.54) is 11.3 Å². The van der Waals surface area contributed by atoms with Gasteiger partial charge in [0.25, 0.3) is 5.91 Å². The highest BCUT2D eigenvalue weighted by molar-refractivity contribution is 7.98. The summed E-state index contributed by atoms with van der Waals surface area (Å²) in [5.74, 6) is 0.0467. The van der Waals surface area contributed by atoms with Gasteiger partial charge >= 0.3 is 0 Å². The van der Waals surface area contributed by atoms with Crippen LogP contribution in [0.1, 0.15) is 16.1 Å². The van der Waals surface area contributed by atoms with E-state index in [0.717, 1.165) is 29.3 Å². The molecule has 1 heterocycles. The molecule has 1 amide bonds. The second-order valence-corrected chi connectivity index (χ2v) is 4.80. The minimum atomic E-state index is 0.0467. The molecule has 0 aliphatic carbocycles. The Morgan fingerprint density at radius 1 is 1.53 bits per heavy atom. The molecule has 0 aliphatic heterocycles. The fourth-order valence-corrected chi connectivity index (χ4v) is 2.84. The van der Waals surface area contributed by atoms with Crippen LogP contribution in [0.25, 0.3) is 0 Å². The van der Waals surface area contributed by atoms with Crippen molar-refractivity contribution in [3.05, 3.63) is 16.3 Å². The Hall–Kier alpha value is -0.520. The lowest BCUT2D eigenvalue weighted by molar-refractivity contribution is 0.0955. The molecule has 0 saturated heterocycles. The highest BCUT2D eigenvalue weighted by Gasteiger charge is 2.11. The molecule has 0 spiro atoms. The second kappa shape index (κ2) is 6.87. The van der Waals surface area contributed by atoms with E-state index >= 15 is 0 Å². The molecule has 0 fully saturated rings. The first-order valence-corrected chi connectivity index (χ1v) is 6.94. The zero-order chi connectivity index (χ0) is 11.1. The summed E-state index contributed by atoms with van der Waals surface area (Å²) in [6.07, 6.45) is 2.95. The van der Waals surface area contributed by atoms with Gasteiger partial charge in [-0.3, -0.25) is 4.79 Å². The molecule has 1 rings (SSSR count). The topological polar surface area (TPSA) is 41.1 Å². The lowest BCUT2D eigenvalue weighted by atomic mass is 10.4. The average molecular weight is 244 g/mol. The molecule has 0 bridgehead atoms. The summed E-state index contributed by atoms with van der Waals surface area (Å²) in [7, 11) is 1.91. The van der Waals surface area contributed by atoms with Crippen molar-refractivity contribution in [2.24, 2.45) is 0 Å². The van der Waals surface area contributed by atoms with E-state index in [1.54, 1.807) is 11.8 Å². The maximum Gasteiger partial charge on any atom is 0.262 e. The van der Waals surface area contributed by atoms with Crippen LogP contribution in [0.3, 0.4) is 0 Å². The number of carbonyl (C=O) groups excluding carboxylic acids is 1. The monoisotopic (exact) mass is 244 g/mol. The van der Waals surface area contributed by atoms with Crippen molar-refractivity contribution in [1.29, 1.82) is 0 Å². The molecule has 3 nitrogen and oxygen atoms in total. The second-order valence-electron chi connectivity index (χ2n) is 3.03. The first kappa shape index (κ1) is 12.5. The Morgan fingerprint density at radius 3 is 3.00 bits per heavy atom. The first-order valence-electron chi connectivity index (χ1n) is 4.84. The Labute approximate surface area is 98.6 Å². The summed E-state index contributed by atoms with van der Waals surface area (Å²) in [5, 5.41) is 7.91. The van der Waals surface area contributed by atoms with Crippen LogP contribution in [0.2, 0.25) is 0 Å². The van der Waals surface area contributed by atoms with Crippen molar-refractivity contribution >= 4 is 29.0 Å². The summed E-state index contributed by atoms with van der Waals surface area (Å²) in [6.45, 7) is 1.66. The van der Waals surface area contributed by atoms with Crippen molar-refractivity contribution < 1.29 is 4.79 Å². The molecule has 2 N–H and O–H groups in total. The molecule has 0 saturated carbocycles. The van der Waals surface area contributed by atoms with E-state index in [4.69, 9.17) is 0 Å². The first-order chi connectivity index (χ1) is 7.29. The molecular weight excluding hydrogens is 228 g/mol. The lowest BCUT2D eigenvalue weighted by Gasteiger charge is -2.04. The number of amides is 1. The maximum absolute atomic E-state index is 11.7. The third-order valence-corrected chi connectivity index (χ3v) is 3.77. The number of rotatable bonds is 6. The molecule has 84 valence electrons. The fraction of sp³-hybridized carbons (Fsp3) is 0.500. The SMILES string of the molecule is CNCCCNC(=O)c1sccc1SC. The smallest absolute Gasteiger partial charge is 0.262 e. The normalized spacial score (nSPS) is 10.3. The predicted molar refractivity (Wildman–Crippen MR) is 67.0 cm³/mol. The fourth-order valence-electron chi connectivity index (χ4n) is 1.17. The molecule has 15 heavy (non-hydrogen) atoms. The van der Waals surface area contributed by atoms with Crippen LogP contribution >= 0.6 is 23.1 Å². The van der Waals surface area contributed by atoms with Crippen LogP contribution in [0.15, 0.2) is 16.3 Å². The number of thioether (sulfide) groups is 1. The minimum Gasteiger partial charge on any atom is -0.351 e. The van der Waals surface area contributed by atoms with Crippen LogP contribution in [0.5, 0.6) is 0 Å². The maximum atomic E-state index is 11.7. The molecule has 0 atom stereocenters. The molecule has 0 aliphatic rings. The van der Waals surface area contributed by atoms with Gasteiger partial charge in [-0.05, 0) is 37.7 Å². The van der Waals surface area contributed by atoms with E-state index < -0.39 is 0 Å². The van der Waals surface area contributed by atoms with Crippen molar-refractivity contribution in [3.63, 3.8) is 0 Å². The average Bonchev–Trinajstić information content (AvgIpc) is 2.72. The van der Waals surface area contributed by atoms with Gasteiger partial charge in [-0.2, -0.15) is 0 Å². The van der Waals surface area contributed by atoms with Crippen LogP contribution in [-0.2, 0) is 0 Å². The van der Waals surface area contributed by atoms with Crippen molar-refractivity contribution in [2.45, 2.75) is 11.3 Å². The van der Waals surface area contributed by atoms with Gasteiger partial charge in [0.1, 0.15) is 4.88 Å². The summed E-state index contributed by atoms with van der Waals surface area (Å²) in [6, 6.07) is 1.98. The van der Waals surface area contributed by atoms with Crippen LogP contribution < -0.4 is 10.6 Å². The molecule has 0 radical (unpaired) electrons. The van der Waals surface area contributed by atoms with Gasteiger partial charge in [-0.25, -0.2) is 0 Å². The van der Waals surface area contributed by atoms with Crippen LogP contribution in [-0.4, -0.2) is 32.3 Å². The minimum absolute atomic E-state index is 0.0467. The molecular formula is C10H16N2OS2. The Balaban J connectivity index is 2.40. The Kier molecular flexibility index (Phi) is 5.75. The Morgan fingerprint density at radius 2 is 2.33 bits per heavy atom. The van der Waals surface area contributed by atoms with Gasteiger partial charge in [0, 0.05) is 11.4 Å². The van der Waals surface area contributed by atoms with E-state index in [0.29, 0.717) is 0 Å². The van der Waals surface area contributed by atoms with Gasteiger partial charge in [0.2, 0.25) is 0 Å². The molecule has 5 heteroatoms. The highest BCUT2D eigenvalue weighted by atomic mass is 32.2. The van der Waals surface area contributed by atoms with Gasteiger partial charge in [0.15, 0.2) is 0 Å². The number of carbonyl (C=O) groups is 1. The van der Waals surface area contributed by atoms with Gasteiger partial charge in [0.05, 0.1) is 0 Å². The van der Waals surface area contributed by atoms with Gasteiger partial charge < -0.3 is 10.6 Å². The van der Waals surface area contributed by atoms with Crippen molar-refractivity contribution in [2.75, 3.05) is 26.4 Å². The van der Waals surface area contributed by atoms with Gasteiger partial charge in [-0.15, -0.1) is 23.1 Å². The zero-order valence-corrected chi connectivity index (χ0v) is 10.6. The van der Waals surface area contributed by atoms with Crippen LogP contribution in [0, 0.1) is 0 Å². The highest BCUT2D eigenvalue weighted by Crippen LogP contribution is 2.25. The Bertz CT molecular complexity index is 312. The molecule has 0 unspecified atom stereocenters. The summed E-state index contributed by atoms with van der Waals surface area (Å²) in [5.41, 5.74) is 0. The predicted octanol–water partition coefficient (Wildman–Crippen LogP) is 1.81. The molecule has 1 aromatic rings. The van der Waals surface area contributed by atoms with Crippen LogP contribution in [0.4, 0.5) is 0 Å².